The van der Waals surface area contributed by atoms with Crippen LogP contribution < -0.4 is 5.32 Å². The first kappa shape index (κ1) is 22.7. The minimum atomic E-state index is -0.660. The lowest BCUT2D eigenvalue weighted by Crippen LogP contribution is -2.45. The van der Waals surface area contributed by atoms with Gasteiger partial charge in [-0.15, -0.1) is 0 Å². The average Bonchev–Trinajstić information content (AvgIpc) is 3.28. The predicted octanol–water partition coefficient (Wildman–Crippen LogP) is 4.66. The fraction of sp³-hybridized carbons (Fsp3) is 0.321. The van der Waals surface area contributed by atoms with Gasteiger partial charge in [-0.3, -0.25) is 14.6 Å². The maximum absolute atomic E-state index is 13.5. The van der Waals surface area contributed by atoms with Crippen LogP contribution in [-0.2, 0) is 11.2 Å². The Hall–Kier alpha value is -3.47. The maximum atomic E-state index is 13.5. The Bertz CT molecular complexity index is 1130. The van der Waals surface area contributed by atoms with Gasteiger partial charge in [0, 0.05) is 32.0 Å². The largest absolute Gasteiger partial charge is 0.356 e. The molecule has 0 bridgehead atoms. The average molecular weight is 442 g/mol. The fourth-order valence-electron chi connectivity index (χ4n) is 4.69. The molecule has 0 aliphatic carbocycles. The van der Waals surface area contributed by atoms with E-state index in [9.17, 15) is 9.59 Å². The summed E-state index contributed by atoms with van der Waals surface area (Å²) >= 11 is 0. The third-order valence-electron chi connectivity index (χ3n) is 6.44. The van der Waals surface area contributed by atoms with Crippen molar-refractivity contribution in [2.75, 3.05) is 19.6 Å². The molecule has 5 heteroatoms. The Kier molecular flexibility index (Phi) is 6.87. The number of aromatic nitrogens is 1. The first-order chi connectivity index (χ1) is 16.0. The summed E-state index contributed by atoms with van der Waals surface area (Å²) in [6.07, 6.45) is 5.35. The first-order valence-electron chi connectivity index (χ1n) is 11.6. The van der Waals surface area contributed by atoms with Gasteiger partial charge >= 0.3 is 0 Å². The molecular weight excluding hydrogens is 410 g/mol. The molecule has 0 spiro atoms. The van der Waals surface area contributed by atoms with Gasteiger partial charge in [-0.25, -0.2) is 0 Å². The number of likely N-dealkylation sites (tertiary alicyclic amines) is 1. The van der Waals surface area contributed by atoms with Crippen LogP contribution in [0, 0.1) is 12.3 Å². The lowest BCUT2D eigenvalue weighted by atomic mass is 9.78. The molecule has 2 heterocycles. The van der Waals surface area contributed by atoms with Crippen molar-refractivity contribution >= 4 is 11.8 Å². The van der Waals surface area contributed by atoms with E-state index in [4.69, 9.17) is 0 Å². The van der Waals surface area contributed by atoms with E-state index in [-0.39, 0.29) is 11.8 Å². The van der Waals surface area contributed by atoms with Gasteiger partial charge in [-0.05, 0) is 55.0 Å². The summed E-state index contributed by atoms with van der Waals surface area (Å²) in [7, 11) is 0. The molecule has 5 nitrogen and oxygen atoms in total. The molecule has 33 heavy (non-hydrogen) atoms. The molecule has 1 aliphatic heterocycles. The highest BCUT2D eigenvalue weighted by Crippen LogP contribution is 2.38. The van der Waals surface area contributed by atoms with Crippen molar-refractivity contribution in [2.24, 2.45) is 5.41 Å². The Balaban J connectivity index is 1.66. The second-order valence-electron chi connectivity index (χ2n) is 8.96. The molecule has 1 saturated heterocycles. The molecule has 2 aromatic carbocycles. The number of aryl methyl sites for hydroxylation is 1. The van der Waals surface area contributed by atoms with Crippen molar-refractivity contribution in [3.8, 4) is 11.1 Å². The summed E-state index contributed by atoms with van der Waals surface area (Å²) in [5.74, 6) is -0.0369. The van der Waals surface area contributed by atoms with Gasteiger partial charge in [0.1, 0.15) is 0 Å². The van der Waals surface area contributed by atoms with Crippen LogP contribution in [0.1, 0.15) is 41.3 Å². The zero-order chi connectivity index (χ0) is 23.3. The highest BCUT2D eigenvalue weighted by Gasteiger charge is 2.46. The smallest absolute Gasteiger partial charge is 0.255 e. The number of nitrogens with zero attached hydrogens (tertiary/aromatic N) is 2. The molecule has 170 valence electrons. The predicted molar refractivity (Wildman–Crippen MR) is 131 cm³/mol. The summed E-state index contributed by atoms with van der Waals surface area (Å²) in [5.41, 5.74) is 4.52. The van der Waals surface area contributed by atoms with Crippen LogP contribution >= 0.6 is 0 Å². The van der Waals surface area contributed by atoms with E-state index in [1.807, 2.05) is 19.1 Å². The number of rotatable bonds is 7. The van der Waals surface area contributed by atoms with Crippen LogP contribution in [0.25, 0.3) is 11.1 Å². The van der Waals surface area contributed by atoms with Crippen LogP contribution in [0.4, 0.5) is 0 Å². The monoisotopic (exact) mass is 441 g/mol. The molecule has 3 aromatic rings. The van der Waals surface area contributed by atoms with Gasteiger partial charge in [-0.1, -0.05) is 61.0 Å². The number of benzene rings is 2. The van der Waals surface area contributed by atoms with Crippen LogP contribution in [0.15, 0.2) is 73.1 Å². The van der Waals surface area contributed by atoms with E-state index in [0.717, 1.165) is 23.1 Å². The van der Waals surface area contributed by atoms with E-state index < -0.39 is 5.41 Å². The van der Waals surface area contributed by atoms with E-state index in [1.165, 1.54) is 5.56 Å². The standard InChI is InChI=1S/C28H31N3O2/c1-3-14-30-27(33)28(13-16-31(20-28)26(32)24-11-7-15-29-19-24)18-23-9-4-5-12-25(23)22-10-6-8-21(2)17-22/h4-12,15,17,19H,3,13-14,16,18,20H2,1-2H3,(H,30,33)/t28-/m0/s1. The molecule has 1 fully saturated rings. The van der Waals surface area contributed by atoms with E-state index >= 15 is 0 Å². The van der Waals surface area contributed by atoms with Gasteiger partial charge in [-0.2, -0.15) is 0 Å². The van der Waals surface area contributed by atoms with Crippen LogP contribution in [0.3, 0.4) is 0 Å². The van der Waals surface area contributed by atoms with Gasteiger partial charge < -0.3 is 10.2 Å². The van der Waals surface area contributed by atoms with Gasteiger partial charge in [0.15, 0.2) is 0 Å². The highest BCUT2D eigenvalue weighted by atomic mass is 16.2. The van der Waals surface area contributed by atoms with Crippen molar-refractivity contribution < 1.29 is 9.59 Å². The molecule has 1 N–H and O–H groups in total. The van der Waals surface area contributed by atoms with Crippen molar-refractivity contribution in [1.82, 2.24) is 15.2 Å². The van der Waals surface area contributed by atoms with Gasteiger partial charge in [0.05, 0.1) is 11.0 Å². The summed E-state index contributed by atoms with van der Waals surface area (Å²) in [4.78, 5) is 32.5. The van der Waals surface area contributed by atoms with Crippen LogP contribution in [0.5, 0.6) is 0 Å². The molecule has 1 aromatic heterocycles. The molecule has 1 atom stereocenters. The molecule has 2 amide bonds. The quantitative estimate of drug-likeness (QED) is 0.580. The van der Waals surface area contributed by atoms with Crippen molar-refractivity contribution in [3.05, 3.63) is 89.7 Å². The number of hydrogen-bond acceptors (Lipinski definition) is 3. The molecule has 0 radical (unpaired) electrons. The van der Waals surface area contributed by atoms with E-state index in [1.54, 1.807) is 29.4 Å². The minimum Gasteiger partial charge on any atom is -0.356 e. The second-order valence-corrected chi connectivity index (χ2v) is 8.96. The number of hydrogen-bond donors (Lipinski definition) is 1. The highest BCUT2D eigenvalue weighted by molar-refractivity contribution is 5.95. The van der Waals surface area contributed by atoms with Crippen molar-refractivity contribution in [2.45, 2.75) is 33.1 Å². The van der Waals surface area contributed by atoms with Crippen molar-refractivity contribution in [3.63, 3.8) is 0 Å². The third kappa shape index (κ3) is 4.98. The number of amides is 2. The normalized spacial score (nSPS) is 17.7. The second kappa shape index (κ2) is 9.99. The number of pyridine rings is 1. The topological polar surface area (TPSA) is 62.3 Å². The van der Waals surface area contributed by atoms with Gasteiger partial charge in [0.25, 0.3) is 5.91 Å². The summed E-state index contributed by atoms with van der Waals surface area (Å²) in [6.45, 7) is 5.73. The minimum absolute atomic E-state index is 0.0323. The third-order valence-corrected chi connectivity index (χ3v) is 6.44. The summed E-state index contributed by atoms with van der Waals surface area (Å²) in [5, 5.41) is 3.11. The molecule has 4 rings (SSSR count). The fourth-order valence-corrected chi connectivity index (χ4v) is 4.69. The zero-order valence-electron chi connectivity index (χ0n) is 19.4. The molecule has 1 aliphatic rings. The van der Waals surface area contributed by atoms with Crippen LogP contribution in [-0.4, -0.2) is 41.3 Å². The molecular formula is C28H31N3O2. The van der Waals surface area contributed by atoms with E-state index in [2.05, 4.69) is 53.6 Å². The maximum Gasteiger partial charge on any atom is 0.255 e. The lowest BCUT2D eigenvalue weighted by molar-refractivity contribution is -0.130. The lowest BCUT2D eigenvalue weighted by Gasteiger charge is -2.29. The number of carbonyl (C=O) groups excluding carboxylic acids is 2. The van der Waals surface area contributed by atoms with Gasteiger partial charge in [0.2, 0.25) is 5.91 Å². The Morgan fingerprint density at radius 1 is 1.09 bits per heavy atom. The number of nitrogens with one attached hydrogen (secondary N) is 1. The molecule has 0 unspecified atom stereocenters. The van der Waals surface area contributed by atoms with Crippen LogP contribution in [0.2, 0.25) is 0 Å². The van der Waals surface area contributed by atoms with E-state index in [0.29, 0.717) is 38.0 Å². The Morgan fingerprint density at radius 2 is 1.94 bits per heavy atom. The first-order valence-corrected chi connectivity index (χ1v) is 11.6. The summed E-state index contributed by atoms with van der Waals surface area (Å²) < 4.78 is 0. The Labute approximate surface area is 195 Å². The number of carbonyl (C=O) groups is 2. The summed E-state index contributed by atoms with van der Waals surface area (Å²) in [6, 6.07) is 20.3. The zero-order valence-corrected chi connectivity index (χ0v) is 19.4. The van der Waals surface area contributed by atoms with Crippen molar-refractivity contribution in [1.29, 1.82) is 0 Å². The molecule has 0 saturated carbocycles. The Morgan fingerprint density at radius 3 is 2.70 bits per heavy atom. The SMILES string of the molecule is CCCNC(=O)[C@]1(Cc2ccccc2-c2cccc(C)c2)CCN(C(=O)c2cccnc2)C1.